The molecule has 0 spiro atoms. The summed E-state index contributed by atoms with van der Waals surface area (Å²) in [7, 11) is 0. The summed E-state index contributed by atoms with van der Waals surface area (Å²) in [5.74, 6) is 0.840. The summed E-state index contributed by atoms with van der Waals surface area (Å²) in [5, 5.41) is 3.32. The molecule has 5 heteroatoms. The van der Waals surface area contributed by atoms with Crippen molar-refractivity contribution in [1.82, 2.24) is 9.88 Å². The molecule has 3 N–H and O–H groups in total. The molecule has 1 heterocycles. The number of aromatic nitrogens is 1. The summed E-state index contributed by atoms with van der Waals surface area (Å²) in [6.45, 7) is 5.29. The Morgan fingerprint density at radius 2 is 2.33 bits per heavy atom. The van der Waals surface area contributed by atoms with Crippen molar-refractivity contribution < 1.29 is 0 Å². The van der Waals surface area contributed by atoms with Gasteiger partial charge in [0.2, 0.25) is 0 Å². The Hall–Kier alpha value is -1.20. The molecule has 18 heavy (non-hydrogen) atoms. The summed E-state index contributed by atoms with van der Waals surface area (Å²) >= 11 is 4.92. The fourth-order valence-electron chi connectivity index (χ4n) is 2.04. The Morgan fingerprint density at radius 3 is 2.94 bits per heavy atom. The molecule has 1 aliphatic rings. The zero-order chi connectivity index (χ0) is 13.0. The Labute approximate surface area is 114 Å². The van der Waals surface area contributed by atoms with Gasteiger partial charge >= 0.3 is 0 Å². The van der Waals surface area contributed by atoms with Gasteiger partial charge in [0.05, 0.1) is 5.69 Å². The summed E-state index contributed by atoms with van der Waals surface area (Å²) in [4.78, 5) is 7.20. The molecule has 1 aromatic rings. The van der Waals surface area contributed by atoms with E-state index in [2.05, 4.69) is 22.1 Å². The number of nitrogens with one attached hydrogen (secondary N) is 1. The van der Waals surface area contributed by atoms with Crippen molar-refractivity contribution in [3.63, 3.8) is 0 Å². The number of rotatable bonds is 7. The second-order valence-corrected chi connectivity index (χ2v) is 5.00. The quantitative estimate of drug-likeness (QED) is 0.733. The molecule has 0 unspecified atom stereocenters. The lowest BCUT2D eigenvalue weighted by molar-refractivity contribution is 0.289. The van der Waals surface area contributed by atoms with E-state index in [-0.39, 0.29) is 0 Å². The van der Waals surface area contributed by atoms with E-state index in [0.29, 0.717) is 10.7 Å². The molecule has 1 aliphatic carbocycles. The van der Waals surface area contributed by atoms with E-state index in [1.807, 2.05) is 18.2 Å². The normalized spacial score (nSPS) is 14.8. The van der Waals surface area contributed by atoms with Gasteiger partial charge in [0, 0.05) is 19.1 Å². The second-order valence-electron chi connectivity index (χ2n) is 4.56. The van der Waals surface area contributed by atoms with Crippen molar-refractivity contribution in [2.24, 2.45) is 5.73 Å². The van der Waals surface area contributed by atoms with Crippen LogP contribution in [-0.2, 0) is 0 Å². The van der Waals surface area contributed by atoms with Crippen molar-refractivity contribution in [1.29, 1.82) is 0 Å². The SMILES string of the molecule is CCN(CCNc1cccc(C(N)=S)n1)C1CC1. The maximum absolute atomic E-state index is 5.56. The Morgan fingerprint density at radius 1 is 1.56 bits per heavy atom. The first-order valence-corrected chi connectivity index (χ1v) is 6.86. The smallest absolute Gasteiger partial charge is 0.126 e. The predicted octanol–water partition coefficient (Wildman–Crippen LogP) is 1.61. The van der Waals surface area contributed by atoms with E-state index in [4.69, 9.17) is 18.0 Å². The first-order valence-electron chi connectivity index (χ1n) is 6.45. The van der Waals surface area contributed by atoms with Crippen LogP contribution in [0.2, 0.25) is 0 Å². The van der Waals surface area contributed by atoms with Crippen LogP contribution in [0.3, 0.4) is 0 Å². The van der Waals surface area contributed by atoms with Crippen LogP contribution in [0.25, 0.3) is 0 Å². The predicted molar refractivity (Wildman–Crippen MR) is 78.9 cm³/mol. The van der Waals surface area contributed by atoms with Crippen molar-refractivity contribution in [2.45, 2.75) is 25.8 Å². The van der Waals surface area contributed by atoms with E-state index >= 15 is 0 Å². The molecular formula is C13H20N4S. The Kier molecular flexibility index (Phi) is 4.49. The second kappa shape index (κ2) is 6.11. The fraction of sp³-hybridized carbons (Fsp3) is 0.538. The van der Waals surface area contributed by atoms with Crippen molar-refractivity contribution in [3.8, 4) is 0 Å². The molecule has 0 atom stereocenters. The van der Waals surface area contributed by atoms with Gasteiger partial charge in [-0.1, -0.05) is 25.2 Å². The van der Waals surface area contributed by atoms with Gasteiger partial charge in [-0.15, -0.1) is 0 Å². The number of thiocarbonyl (C=S) groups is 1. The van der Waals surface area contributed by atoms with Gasteiger partial charge in [0.25, 0.3) is 0 Å². The summed E-state index contributed by atoms with van der Waals surface area (Å²) in [5.41, 5.74) is 6.23. The van der Waals surface area contributed by atoms with Gasteiger partial charge in [0.15, 0.2) is 0 Å². The molecule has 0 bridgehead atoms. The number of hydrogen-bond donors (Lipinski definition) is 2. The van der Waals surface area contributed by atoms with Gasteiger partial charge in [-0.2, -0.15) is 0 Å². The Bertz CT molecular complexity index is 417. The molecule has 1 aromatic heterocycles. The van der Waals surface area contributed by atoms with Crippen LogP contribution in [0.1, 0.15) is 25.5 Å². The third-order valence-corrected chi connectivity index (χ3v) is 3.39. The fourth-order valence-corrected chi connectivity index (χ4v) is 2.15. The molecule has 0 aromatic carbocycles. The van der Waals surface area contributed by atoms with Crippen molar-refractivity contribution in [3.05, 3.63) is 23.9 Å². The maximum Gasteiger partial charge on any atom is 0.126 e. The monoisotopic (exact) mass is 264 g/mol. The van der Waals surface area contributed by atoms with Crippen molar-refractivity contribution in [2.75, 3.05) is 25.0 Å². The number of likely N-dealkylation sites (N-methyl/N-ethyl adjacent to an activating group) is 1. The largest absolute Gasteiger partial charge is 0.388 e. The van der Waals surface area contributed by atoms with Crippen LogP contribution in [0, 0.1) is 0 Å². The lowest BCUT2D eigenvalue weighted by atomic mass is 10.3. The van der Waals surface area contributed by atoms with E-state index in [9.17, 15) is 0 Å². The highest BCUT2D eigenvalue weighted by Crippen LogP contribution is 2.25. The van der Waals surface area contributed by atoms with Gasteiger partial charge < -0.3 is 11.1 Å². The number of anilines is 1. The number of nitrogens with zero attached hydrogens (tertiary/aromatic N) is 2. The average molecular weight is 264 g/mol. The highest BCUT2D eigenvalue weighted by molar-refractivity contribution is 7.80. The standard InChI is InChI=1S/C13H20N4S/c1-2-17(10-6-7-10)9-8-15-12-5-3-4-11(16-12)13(14)18/h3-5,10H,2,6-9H2,1H3,(H2,14,18)(H,15,16). The number of pyridine rings is 1. The van der Waals surface area contributed by atoms with Crippen LogP contribution in [0.15, 0.2) is 18.2 Å². The minimum absolute atomic E-state index is 0.340. The zero-order valence-electron chi connectivity index (χ0n) is 10.7. The molecule has 0 amide bonds. The lowest BCUT2D eigenvalue weighted by Crippen LogP contribution is -2.31. The maximum atomic E-state index is 5.56. The van der Waals surface area contributed by atoms with E-state index in [1.165, 1.54) is 12.8 Å². The van der Waals surface area contributed by atoms with E-state index < -0.39 is 0 Å². The molecule has 0 aliphatic heterocycles. The van der Waals surface area contributed by atoms with Gasteiger partial charge in [-0.05, 0) is 31.5 Å². The molecule has 1 saturated carbocycles. The molecule has 2 rings (SSSR count). The van der Waals surface area contributed by atoms with Crippen LogP contribution in [0.5, 0.6) is 0 Å². The minimum atomic E-state index is 0.340. The molecule has 1 fully saturated rings. The highest BCUT2D eigenvalue weighted by atomic mass is 32.1. The molecule has 0 radical (unpaired) electrons. The third-order valence-electron chi connectivity index (χ3n) is 3.18. The van der Waals surface area contributed by atoms with Gasteiger partial charge in [0.1, 0.15) is 10.8 Å². The summed E-state index contributed by atoms with van der Waals surface area (Å²) in [6, 6.07) is 6.50. The first kappa shape index (κ1) is 13.2. The lowest BCUT2D eigenvalue weighted by Gasteiger charge is -2.19. The molecule has 98 valence electrons. The van der Waals surface area contributed by atoms with Gasteiger partial charge in [-0.3, -0.25) is 4.90 Å². The topological polar surface area (TPSA) is 54.2 Å². The number of nitrogens with two attached hydrogens (primary N) is 1. The highest BCUT2D eigenvalue weighted by Gasteiger charge is 2.27. The minimum Gasteiger partial charge on any atom is -0.388 e. The Balaban J connectivity index is 1.82. The summed E-state index contributed by atoms with van der Waals surface area (Å²) < 4.78 is 0. The van der Waals surface area contributed by atoms with Crippen LogP contribution < -0.4 is 11.1 Å². The van der Waals surface area contributed by atoms with Crippen LogP contribution >= 0.6 is 12.2 Å². The molecule has 0 saturated heterocycles. The summed E-state index contributed by atoms with van der Waals surface area (Å²) in [6.07, 6.45) is 2.70. The van der Waals surface area contributed by atoms with Crippen LogP contribution in [0.4, 0.5) is 5.82 Å². The van der Waals surface area contributed by atoms with Gasteiger partial charge in [-0.25, -0.2) is 4.98 Å². The first-order chi connectivity index (χ1) is 8.70. The number of hydrogen-bond acceptors (Lipinski definition) is 4. The molecule has 4 nitrogen and oxygen atoms in total. The van der Waals surface area contributed by atoms with E-state index in [0.717, 1.165) is 31.5 Å². The third kappa shape index (κ3) is 3.65. The van der Waals surface area contributed by atoms with Crippen molar-refractivity contribution >= 4 is 23.0 Å². The zero-order valence-corrected chi connectivity index (χ0v) is 11.5. The van der Waals surface area contributed by atoms with E-state index in [1.54, 1.807) is 0 Å². The molecular weight excluding hydrogens is 244 g/mol. The van der Waals surface area contributed by atoms with Crippen LogP contribution in [-0.4, -0.2) is 40.5 Å². The average Bonchev–Trinajstić information content (AvgIpc) is 3.19.